The van der Waals surface area contributed by atoms with Gasteiger partial charge < -0.3 is 8.98 Å². The van der Waals surface area contributed by atoms with E-state index in [1.165, 1.54) is 47.6 Å². The van der Waals surface area contributed by atoms with Crippen LogP contribution in [0.5, 0.6) is 0 Å². The van der Waals surface area contributed by atoms with Crippen LogP contribution in [0.3, 0.4) is 0 Å². The maximum Gasteiger partial charge on any atom is 0.161 e. The standard InChI is InChI=1S/C42H25NOS/c1-2-13-32(14-3-1)43-37-16-7-6-15-34(37)42-41(43)35-20-18-30(23-38(35)44-42)26-11-8-12-27(21-26)31-17-19-33-36-22-28-9-4-5-10-29(28)24-40(36)45-39(33)25-31/h1-25H. The molecule has 0 spiro atoms. The molecule has 7 aromatic carbocycles. The van der Waals surface area contributed by atoms with E-state index in [0.29, 0.717) is 0 Å². The Kier molecular flexibility index (Phi) is 5.19. The maximum absolute atomic E-state index is 6.63. The third-order valence-electron chi connectivity index (χ3n) is 9.16. The van der Waals surface area contributed by atoms with Crippen LogP contribution in [0, 0.1) is 0 Å². The quantitative estimate of drug-likeness (QED) is 0.200. The predicted octanol–water partition coefficient (Wildman–Crippen LogP) is 12.4. The van der Waals surface area contributed by atoms with Gasteiger partial charge in [-0.1, -0.05) is 91.0 Å². The Bertz CT molecular complexity index is 2760. The van der Waals surface area contributed by atoms with E-state index in [0.717, 1.165) is 44.2 Å². The number of nitrogens with zero attached hydrogens (tertiary/aromatic N) is 1. The van der Waals surface area contributed by atoms with Crippen molar-refractivity contribution in [3.63, 3.8) is 0 Å². The predicted molar refractivity (Wildman–Crippen MR) is 192 cm³/mol. The highest BCUT2D eigenvalue weighted by molar-refractivity contribution is 7.25. The molecule has 0 fully saturated rings. The number of thiophene rings is 1. The number of para-hydroxylation sites is 2. The number of rotatable bonds is 3. The first-order valence-electron chi connectivity index (χ1n) is 15.3. The van der Waals surface area contributed by atoms with Crippen molar-refractivity contribution in [1.29, 1.82) is 0 Å². The molecule has 0 unspecified atom stereocenters. The third kappa shape index (κ3) is 3.75. The second kappa shape index (κ2) is 9.43. The van der Waals surface area contributed by atoms with E-state index < -0.39 is 0 Å². The summed E-state index contributed by atoms with van der Waals surface area (Å²) in [4.78, 5) is 0. The third-order valence-corrected chi connectivity index (χ3v) is 10.3. The molecule has 2 nitrogen and oxygen atoms in total. The summed E-state index contributed by atoms with van der Waals surface area (Å²) in [5, 5.41) is 7.48. The molecule has 3 aromatic heterocycles. The van der Waals surface area contributed by atoms with E-state index in [2.05, 4.69) is 156 Å². The summed E-state index contributed by atoms with van der Waals surface area (Å²) < 4.78 is 11.6. The average molecular weight is 592 g/mol. The topological polar surface area (TPSA) is 18.1 Å². The first-order valence-corrected chi connectivity index (χ1v) is 16.1. The summed E-state index contributed by atoms with van der Waals surface area (Å²) in [6.45, 7) is 0. The molecule has 10 rings (SSSR count). The molecular formula is C42H25NOS. The molecule has 0 aliphatic heterocycles. The summed E-state index contributed by atoms with van der Waals surface area (Å²) in [6.07, 6.45) is 0. The molecule has 0 radical (unpaired) electrons. The summed E-state index contributed by atoms with van der Waals surface area (Å²) in [6, 6.07) is 54.7. The lowest BCUT2D eigenvalue weighted by molar-refractivity contribution is 0.673. The van der Waals surface area contributed by atoms with Gasteiger partial charge in [-0.05, 0) is 93.7 Å². The lowest BCUT2D eigenvalue weighted by Crippen LogP contribution is -1.92. The molecule has 3 heteroatoms. The summed E-state index contributed by atoms with van der Waals surface area (Å²) >= 11 is 1.88. The van der Waals surface area contributed by atoms with Crippen LogP contribution in [0.15, 0.2) is 156 Å². The van der Waals surface area contributed by atoms with Crippen molar-refractivity contribution in [3.05, 3.63) is 152 Å². The van der Waals surface area contributed by atoms with Crippen LogP contribution in [0.25, 0.3) is 91.9 Å². The molecule has 210 valence electrons. The molecule has 0 bridgehead atoms. The zero-order valence-corrected chi connectivity index (χ0v) is 25.0. The van der Waals surface area contributed by atoms with E-state index >= 15 is 0 Å². The molecule has 3 heterocycles. The number of benzene rings is 7. The fourth-order valence-corrected chi connectivity index (χ4v) is 8.19. The van der Waals surface area contributed by atoms with E-state index in [1.54, 1.807) is 0 Å². The molecule has 0 amide bonds. The van der Waals surface area contributed by atoms with Crippen molar-refractivity contribution < 1.29 is 4.42 Å². The minimum atomic E-state index is 0.900. The highest BCUT2D eigenvalue weighted by Gasteiger charge is 2.19. The van der Waals surface area contributed by atoms with Crippen molar-refractivity contribution in [1.82, 2.24) is 4.57 Å². The van der Waals surface area contributed by atoms with Crippen LogP contribution >= 0.6 is 11.3 Å². The normalized spacial score (nSPS) is 12.0. The van der Waals surface area contributed by atoms with E-state index in [9.17, 15) is 0 Å². The van der Waals surface area contributed by atoms with Crippen molar-refractivity contribution in [2.75, 3.05) is 0 Å². The molecule has 0 atom stereocenters. The molecule has 10 aromatic rings. The van der Waals surface area contributed by atoms with Crippen molar-refractivity contribution in [2.45, 2.75) is 0 Å². The number of aromatic nitrogens is 1. The second-order valence-electron chi connectivity index (χ2n) is 11.8. The van der Waals surface area contributed by atoms with Gasteiger partial charge in [0.05, 0.1) is 5.52 Å². The Hall–Kier alpha value is -5.64. The number of hydrogen-bond donors (Lipinski definition) is 0. The van der Waals surface area contributed by atoms with Crippen LogP contribution < -0.4 is 0 Å². The van der Waals surface area contributed by atoms with Crippen LogP contribution in [0.1, 0.15) is 0 Å². The Labute approximate surface area is 263 Å². The Morgan fingerprint density at radius 3 is 1.96 bits per heavy atom. The van der Waals surface area contributed by atoms with Crippen LogP contribution in [-0.4, -0.2) is 4.57 Å². The average Bonchev–Trinajstić information content (AvgIpc) is 3.75. The Morgan fingerprint density at radius 2 is 1.11 bits per heavy atom. The molecular weight excluding hydrogens is 567 g/mol. The minimum Gasteiger partial charge on any atom is -0.454 e. The van der Waals surface area contributed by atoms with Crippen LogP contribution in [0.2, 0.25) is 0 Å². The summed E-state index contributed by atoms with van der Waals surface area (Å²) in [5.74, 6) is 0. The summed E-state index contributed by atoms with van der Waals surface area (Å²) in [5.41, 5.74) is 9.99. The first kappa shape index (κ1) is 24.8. The van der Waals surface area contributed by atoms with Crippen molar-refractivity contribution in [2.24, 2.45) is 0 Å². The van der Waals surface area contributed by atoms with Gasteiger partial charge in [-0.25, -0.2) is 0 Å². The highest BCUT2D eigenvalue weighted by Crippen LogP contribution is 2.41. The molecule has 0 saturated heterocycles. The van der Waals surface area contributed by atoms with Crippen molar-refractivity contribution in [3.8, 4) is 27.9 Å². The fourth-order valence-electron chi connectivity index (χ4n) is 7.01. The van der Waals surface area contributed by atoms with Crippen LogP contribution in [-0.2, 0) is 0 Å². The number of fused-ring (bicyclic) bond motifs is 9. The minimum absolute atomic E-state index is 0.900. The summed E-state index contributed by atoms with van der Waals surface area (Å²) in [7, 11) is 0. The molecule has 0 aliphatic carbocycles. The SMILES string of the molecule is c1ccc(-n2c3ccccc3c3oc4cc(-c5cccc(-c6ccc7c(c6)sc6cc8ccccc8cc67)c5)ccc4c32)cc1. The van der Waals surface area contributed by atoms with Crippen molar-refractivity contribution >= 4 is 75.3 Å². The highest BCUT2D eigenvalue weighted by atomic mass is 32.1. The van der Waals surface area contributed by atoms with Crippen LogP contribution in [0.4, 0.5) is 0 Å². The molecule has 0 aliphatic rings. The maximum atomic E-state index is 6.63. The van der Waals surface area contributed by atoms with Gasteiger partial charge in [-0.3, -0.25) is 0 Å². The fraction of sp³-hybridized carbons (Fsp3) is 0. The molecule has 0 saturated carbocycles. The Balaban J connectivity index is 1.09. The first-order chi connectivity index (χ1) is 22.3. The molecule has 45 heavy (non-hydrogen) atoms. The zero-order chi connectivity index (χ0) is 29.5. The lowest BCUT2D eigenvalue weighted by atomic mass is 9.98. The van der Waals surface area contributed by atoms with Gasteiger partial charge >= 0.3 is 0 Å². The van der Waals surface area contributed by atoms with Gasteiger partial charge in [0, 0.05) is 36.6 Å². The Morgan fingerprint density at radius 1 is 0.444 bits per heavy atom. The van der Waals surface area contributed by atoms with Gasteiger partial charge in [0.2, 0.25) is 0 Å². The van der Waals surface area contributed by atoms with E-state index in [1.807, 2.05) is 11.3 Å². The molecule has 0 N–H and O–H groups in total. The zero-order valence-electron chi connectivity index (χ0n) is 24.2. The van der Waals surface area contributed by atoms with Gasteiger partial charge in [0.1, 0.15) is 11.1 Å². The smallest absolute Gasteiger partial charge is 0.161 e. The monoisotopic (exact) mass is 591 g/mol. The van der Waals surface area contributed by atoms with E-state index in [-0.39, 0.29) is 0 Å². The van der Waals surface area contributed by atoms with Gasteiger partial charge in [0.25, 0.3) is 0 Å². The largest absolute Gasteiger partial charge is 0.454 e. The van der Waals surface area contributed by atoms with Gasteiger partial charge in [-0.15, -0.1) is 11.3 Å². The van der Waals surface area contributed by atoms with Gasteiger partial charge in [-0.2, -0.15) is 0 Å². The second-order valence-corrected chi connectivity index (χ2v) is 12.9. The number of furan rings is 1. The van der Waals surface area contributed by atoms with E-state index in [4.69, 9.17) is 4.42 Å². The van der Waals surface area contributed by atoms with Gasteiger partial charge in [0.15, 0.2) is 5.58 Å². The number of hydrogen-bond acceptors (Lipinski definition) is 2. The lowest BCUT2D eigenvalue weighted by Gasteiger charge is -2.08.